The van der Waals surface area contributed by atoms with Gasteiger partial charge in [0.2, 0.25) is 11.8 Å². The molecule has 86 heavy (non-hydrogen) atoms. The van der Waals surface area contributed by atoms with Gasteiger partial charge in [0.25, 0.3) is 0 Å². The fraction of sp³-hybridized carbons (Fsp3) is 0.238. The lowest BCUT2D eigenvalue weighted by molar-refractivity contribution is -0.142. The number of carbonyl (C=O) groups excluding carboxylic acids is 6. The van der Waals surface area contributed by atoms with Crippen LogP contribution < -0.4 is 20.4 Å². The van der Waals surface area contributed by atoms with E-state index in [1.807, 2.05) is 12.1 Å². The second kappa shape index (κ2) is 27.0. The van der Waals surface area contributed by atoms with Crippen LogP contribution in [0, 0.1) is 22.7 Å². The van der Waals surface area contributed by atoms with Crippen molar-refractivity contribution in [1.29, 1.82) is 10.5 Å². The minimum atomic E-state index is -4.81. The average molecular weight is 1180 g/mol. The zero-order valence-electron chi connectivity index (χ0n) is 46.5. The summed E-state index contributed by atoms with van der Waals surface area (Å²) < 4.78 is 96.1. The molecule has 0 radical (unpaired) electrons. The second-order valence-corrected chi connectivity index (χ2v) is 20.0. The number of amides is 6. The molecule has 8 rings (SSSR count). The van der Waals surface area contributed by atoms with Crippen molar-refractivity contribution in [1.82, 2.24) is 25.3 Å². The number of halogens is 6. The fourth-order valence-electron chi connectivity index (χ4n) is 9.88. The molecule has 2 atom stereocenters. The highest BCUT2D eigenvalue weighted by Gasteiger charge is 2.46. The van der Waals surface area contributed by atoms with Crippen LogP contribution in [0.1, 0.15) is 70.4 Å². The zero-order chi connectivity index (χ0) is 61.9. The Morgan fingerprint density at radius 2 is 0.895 bits per heavy atom. The van der Waals surface area contributed by atoms with Gasteiger partial charge in [0.15, 0.2) is 0 Å². The number of alkyl halides is 6. The molecule has 442 valence electrons. The number of anilines is 2. The molecule has 6 amide bonds. The Morgan fingerprint density at radius 3 is 1.23 bits per heavy atom. The SMILES string of the molecule is CC1=C(C(=O)OCc2ccccc2)C(c2ccc(C#N)cc2)N(CC(=O)NCCN(C)CCNC(=O)CN2C(=O)N(c3cccc(C(F)(F)F)c3)C(C)=C(C(=O)OCc3ccccc3)C2c2ccc(C#N)cc2)C(=O)N1c1cccc(C(F)(F)F)c1. The number of rotatable bonds is 20. The number of carbonyl (C=O) groups is 6. The Bertz CT molecular complexity index is 3420. The van der Waals surface area contributed by atoms with Crippen molar-refractivity contribution in [3.05, 3.63) is 225 Å². The van der Waals surface area contributed by atoms with Crippen molar-refractivity contribution in [2.24, 2.45) is 0 Å². The molecule has 0 aliphatic carbocycles. The van der Waals surface area contributed by atoms with E-state index in [1.165, 1.54) is 74.5 Å². The molecule has 2 N–H and O–H groups in total. The Balaban J connectivity index is 0.984. The monoisotopic (exact) mass is 1180 g/mol. The smallest absolute Gasteiger partial charge is 0.416 e. The van der Waals surface area contributed by atoms with Crippen LogP contribution in [0.4, 0.5) is 47.3 Å². The van der Waals surface area contributed by atoms with Crippen LogP contribution in [0.15, 0.2) is 180 Å². The molecule has 6 aromatic rings. The van der Waals surface area contributed by atoms with E-state index in [0.717, 1.165) is 56.0 Å². The first-order chi connectivity index (χ1) is 41.1. The van der Waals surface area contributed by atoms with Gasteiger partial charge < -0.3 is 34.8 Å². The Kier molecular flexibility index (Phi) is 19.4. The number of benzene rings is 6. The predicted octanol–water partition coefficient (Wildman–Crippen LogP) is 10.3. The van der Waals surface area contributed by atoms with Crippen LogP contribution in [0.2, 0.25) is 0 Å². The first kappa shape index (κ1) is 61.8. The molecule has 2 heterocycles. The van der Waals surface area contributed by atoms with Gasteiger partial charge in [-0.15, -0.1) is 0 Å². The highest BCUT2D eigenvalue weighted by Crippen LogP contribution is 2.44. The number of nitrogens with zero attached hydrogens (tertiary/aromatic N) is 7. The van der Waals surface area contributed by atoms with Crippen molar-refractivity contribution in [2.75, 3.05) is 56.1 Å². The summed E-state index contributed by atoms with van der Waals surface area (Å²) in [6.07, 6.45) is -9.63. The summed E-state index contributed by atoms with van der Waals surface area (Å²) in [6.45, 7) is 1.02. The Morgan fingerprint density at radius 1 is 0.535 bits per heavy atom. The lowest BCUT2D eigenvalue weighted by Gasteiger charge is -2.42. The molecule has 2 aliphatic heterocycles. The molecule has 23 heteroatoms. The first-order valence-electron chi connectivity index (χ1n) is 26.7. The molecular formula is C63H55F6N9O8. The van der Waals surface area contributed by atoms with E-state index in [9.17, 15) is 65.6 Å². The molecule has 0 saturated carbocycles. The van der Waals surface area contributed by atoms with Gasteiger partial charge in [-0.2, -0.15) is 36.9 Å². The molecule has 0 fully saturated rings. The normalized spacial score (nSPS) is 15.5. The van der Waals surface area contributed by atoms with E-state index in [0.29, 0.717) is 11.1 Å². The average Bonchev–Trinajstić information content (AvgIpc) is 0.816. The van der Waals surface area contributed by atoms with E-state index in [-0.39, 0.29) is 95.6 Å². The van der Waals surface area contributed by atoms with Crippen LogP contribution in [0.25, 0.3) is 0 Å². The highest BCUT2D eigenvalue weighted by molar-refractivity contribution is 6.06. The number of ether oxygens (including phenoxy) is 2. The minimum absolute atomic E-state index is 0.0558. The second-order valence-electron chi connectivity index (χ2n) is 20.0. The van der Waals surface area contributed by atoms with Gasteiger partial charge in [-0.1, -0.05) is 97.1 Å². The number of nitriles is 2. The third kappa shape index (κ3) is 14.6. The molecule has 2 aliphatic rings. The molecule has 17 nitrogen and oxygen atoms in total. The van der Waals surface area contributed by atoms with Crippen molar-refractivity contribution >= 4 is 47.2 Å². The largest absolute Gasteiger partial charge is 0.457 e. The highest BCUT2D eigenvalue weighted by atomic mass is 19.4. The van der Waals surface area contributed by atoms with Gasteiger partial charge in [0, 0.05) is 37.6 Å². The predicted molar refractivity (Wildman–Crippen MR) is 301 cm³/mol. The lowest BCUT2D eigenvalue weighted by atomic mass is 9.92. The van der Waals surface area contributed by atoms with E-state index >= 15 is 0 Å². The summed E-state index contributed by atoms with van der Waals surface area (Å²) in [5, 5.41) is 24.6. The Hall–Kier alpha value is -10.3. The number of esters is 2. The topological polar surface area (TPSA) is 209 Å². The summed E-state index contributed by atoms with van der Waals surface area (Å²) in [5.74, 6) is -3.36. The molecule has 0 saturated heterocycles. The van der Waals surface area contributed by atoms with E-state index < -0.39 is 84.5 Å². The van der Waals surface area contributed by atoms with Crippen LogP contribution in [0.3, 0.4) is 0 Å². The molecular weight excluding hydrogens is 1120 g/mol. The van der Waals surface area contributed by atoms with Gasteiger partial charge in [0.05, 0.1) is 69.0 Å². The standard InChI is InChI=1S/C63H55F6N9O8/c1-40-54(58(81)85-38-44-12-6-4-7-13-44)56(46-24-20-42(34-70)21-25-46)75(60(83)77(40)50-18-10-16-48(32-50)62(64,65)66)36-52(79)72-28-30-74(3)31-29-73-53(80)37-76-57(47-26-22-43(35-71)23-27-47)55(59(82)86-39-45-14-8-5-9-15-45)41(2)78(61(76)84)51-19-11-17-49(33-51)63(67,68)69/h4-27,32-33,56-57H,28-31,36-39H2,1-3H3,(H,72,79)(H,73,80). The maximum atomic E-state index is 14.8. The third-order valence-corrected chi connectivity index (χ3v) is 14.2. The van der Waals surface area contributed by atoms with Crippen molar-refractivity contribution < 1.29 is 64.6 Å². The summed E-state index contributed by atoms with van der Waals surface area (Å²) in [6, 6.07) is 36.2. The van der Waals surface area contributed by atoms with Crippen LogP contribution in [-0.4, -0.2) is 96.8 Å². The molecule has 0 bridgehead atoms. The summed E-state index contributed by atoms with van der Waals surface area (Å²) in [7, 11) is 1.66. The van der Waals surface area contributed by atoms with Crippen LogP contribution in [0.5, 0.6) is 0 Å². The number of allylic oxidation sites excluding steroid dienone is 2. The van der Waals surface area contributed by atoms with E-state index in [1.54, 1.807) is 72.6 Å². The Labute approximate surface area is 490 Å². The number of urea groups is 2. The molecule has 0 spiro atoms. The number of hydrogen-bond donors (Lipinski definition) is 2. The van der Waals surface area contributed by atoms with Gasteiger partial charge in [0.1, 0.15) is 26.3 Å². The van der Waals surface area contributed by atoms with Crippen molar-refractivity contribution in [3.8, 4) is 12.1 Å². The van der Waals surface area contributed by atoms with Gasteiger partial charge in [-0.05, 0) is 104 Å². The molecule has 2 unspecified atom stereocenters. The maximum Gasteiger partial charge on any atom is 0.416 e. The van der Waals surface area contributed by atoms with Crippen LogP contribution in [-0.2, 0) is 54.2 Å². The van der Waals surface area contributed by atoms with E-state index in [4.69, 9.17) is 9.47 Å². The summed E-state index contributed by atoms with van der Waals surface area (Å²) in [4.78, 5) is 91.8. The molecule has 0 aromatic heterocycles. The molecule has 6 aromatic carbocycles. The zero-order valence-corrected chi connectivity index (χ0v) is 46.5. The van der Waals surface area contributed by atoms with Gasteiger partial charge >= 0.3 is 36.4 Å². The van der Waals surface area contributed by atoms with Crippen molar-refractivity contribution in [3.63, 3.8) is 0 Å². The quantitative estimate of drug-likeness (QED) is 0.0543. The van der Waals surface area contributed by atoms with Crippen molar-refractivity contribution in [2.45, 2.75) is 51.5 Å². The number of likely N-dealkylation sites (N-methyl/N-ethyl adjacent to an activating group) is 1. The number of hydrogen-bond acceptors (Lipinski definition) is 11. The lowest BCUT2D eigenvalue weighted by Crippen LogP contribution is -2.54. The van der Waals surface area contributed by atoms with E-state index in [2.05, 4.69) is 10.6 Å². The minimum Gasteiger partial charge on any atom is -0.457 e. The third-order valence-electron chi connectivity index (χ3n) is 14.2. The van der Waals surface area contributed by atoms with Gasteiger partial charge in [-0.25, -0.2) is 19.2 Å². The van der Waals surface area contributed by atoms with Crippen LogP contribution >= 0.6 is 0 Å². The first-order valence-corrected chi connectivity index (χ1v) is 26.7. The van der Waals surface area contributed by atoms with Gasteiger partial charge in [-0.3, -0.25) is 19.4 Å². The maximum absolute atomic E-state index is 14.8. The number of nitrogens with one attached hydrogen (secondary N) is 2. The summed E-state index contributed by atoms with van der Waals surface area (Å²) in [5.41, 5.74) is -0.939. The fourth-order valence-corrected chi connectivity index (χ4v) is 9.88. The summed E-state index contributed by atoms with van der Waals surface area (Å²) >= 11 is 0.